The van der Waals surface area contributed by atoms with Crippen LogP contribution < -0.4 is 9.47 Å². The van der Waals surface area contributed by atoms with Crippen LogP contribution in [-0.2, 0) is 14.8 Å². The van der Waals surface area contributed by atoms with Crippen molar-refractivity contribution < 1.29 is 22.7 Å². The molecular weight excluding hydrogens is 394 g/mol. The molecule has 2 aromatic carbocycles. The number of sulfonamides is 1. The Morgan fingerprint density at radius 2 is 1.66 bits per heavy atom. The number of hydrogen-bond donors (Lipinski definition) is 0. The fourth-order valence-corrected chi connectivity index (χ4v) is 4.98. The van der Waals surface area contributed by atoms with E-state index in [1.807, 2.05) is 12.1 Å². The first-order valence-corrected chi connectivity index (χ1v) is 10.6. The van der Waals surface area contributed by atoms with Crippen LogP contribution in [0.5, 0.6) is 11.5 Å². The maximum Gasteiger partial charge on any atom is 0.267 e. The highest BCUT2D eigenvalue weighted by atomic mass is 32.2. The molecule has 0 saturated carbocycles. The predicted octanol–water partition coefficient (Wildman–Crippen LogP) is 1.23. The van der Waals surface area contributed by atoms with Gasteiger partial charge in [0.25, 0.3) is 5.91 Å². The molecule has 0 aromatic heterocycles. The summed E-state index contributed by atoms with van der Waals surface area (Å²) in [7, 11) is -3.80. The highest BCUT2D eigenvalue weighted by Gasteiger charge is 2.36. The van der Waals surface area contributed by atoms with Gasteiger partial charge in [0.1, 0.15) is 12.7 Å². The molecule has 0 bridgehead atoms. The van der Waals surface area contributed by atoms with Crippen molar-refractivity contribution in [1.82, 2.24) is 9.21 Å². The van der Waals surface area contributed by atoms with Crippen LogP contribution in [-0.4, -0.2) is 62.4 Å². The van der Waals surface area contributed by atoms with Crippen molar-refractivity contribution in [3.8, 4) is 17.6 Å². The summed E-state index contributed by atoms with van der Waals surface area (Å²) in [4.78, 5) is 14.4. The summed E-state index contributed by atoms with van der Waals surface area (Å²) in [5.41, 5.74) is 0.109. The zero-order chi connectivity index (χ0) is 20.4. The number of para-hydroxylation sites is 2. The molecule has 1 amide bonds. The molecule has 0 radical (unpaired) electrons. The number of nitrogens with zero attached hydrogens (tertiary/aromatic N) is 3. The van der Waals surface area contributed by atoms with Gasteiger partial charge in [0.2, 0.25) is 16.1 Å². The number of piperazine rings is 1. The van der Waals surface area contributed by atoms with E-state index in [-0.39, 0.29) is 49.2 Å². The number of ether oxygens (including phenoxy) is 2. The molecule has 2 heterocycles. The molecule has 0 aliphatic carbocycles. The first kappa shape index (κ1) is 19.2. The summed E-state index contributed by atoms with van der Waals surface area (Å²) in [5, 5.41) is 9.20. The number of hydrogen-bond acceptors (Lipinski definition) is 6. The van der Waals surface area contributed by atoms with Gasteiger partial charge in [-0.3, -0.25) is 4.79 Å². The van der Waals surface area contributed by atoms with Crippen LogP contribution in [0.3, 0.4) is 0 Å². The van der Waals surface area contributed by atoms with Crippen LogP contribution in [0, 0.1) is 11.3 Å². The standard InChI is InChI=1S/C20H19N3O5S/c21-13-15-5-1-4-8-19(15)29(25,26)23-11-9-22(10-12-23)20(24)18-14-27-16-6-2-3-7-17(16)28-18/h1-8,18H,9-12,14H2/t18-/m0/s1. The Morgan fingerprint density at radius 3 is 2.38 bits per heavy atom. The SMILES string of the molecule is N#Cc1ccccc1S(=O)(=O)N1CCN(C(=O)[C@@H]2COc3ccccc3O2)CC1. The number of benzene rings is 2. The molecule has 1 fully saturated rings. The molecule has 0 unspecified atom stereocenters. The van der Waals surface area contributed by atoms with Crippen LogP contribution >= 0.6 is 0 Å². The zero-order valence-corrected chi connectivity index (χ0v) is 16.3. The number of carbonyl (C=O) groups excluding carboxylic acids is 1. The van der Waals surface area contributed by atoms with Crippen molar-refractivity contribution in [3.63, 3.8) is 0 Å². The van der Waals surface area contributed by atoms with E-state index in [1.54, 1.807) is 35.2 Å². The highest BCUT2D eigenvalue weighted by molar-refractivity contribution is 7.89. The average Bonchev–Trinajstić information content (AvgIpc) is 2.78. The van der Waals surface area contributed by atoms with Crippen LogP contribution in [0.2, 0.25) is 0 Å². The van der Waals surface area contributed by atoms with E-state index in [9.17, 15) is 18.5 Å². The third kappa shape index (κ3) is 3.64. The molecule has 150 valence electrons. The fourth-order valence-electron chi connectivity index (χ4n) is 3.42. The number of carbonyl (C=O) groups is 1. The first-order chi connectivity index (χ1) is 14.0. The van der Waals surface area contributed by atoms with Gasteiger partial charge in [0.15, 0.2) is 11.5 Å². The van der Waals surface area contributed by atoms with Crippen LogP contribution in [0.4, 0.5) is 0 Å². The molecule has 4 rings (SSSR count). The summed E-state index contributed by atoms with van der Waals surface area (Å²) in [6.45, 7) is 0.905. The van der Waals surface area contributed by atoms with Crippen molar-refractivity contribution in [3.05, 3.63) is 54.1 Å². The predicted molar refractivity (Wildman–Crippen MR) is 103 cm³/mol. The monoisotopic (exact) mass is 413 g/mol. The first-order valence-electron chi connectivity index (χ1n) is 9.17. The van der Waals surface area contributed by atoms with Gasteiger partial charge in [-0.2, -0.15) is 9.57 Å². The molecule has 9 heteroatoms. The van der Waals surface area contributed by atoms with E-state index in [4.69, 9.17) is 9.47 Å². The van der Waals surface area contributed by atoms with Gasteiger partial charge in [-0.05, 0) is 24.3 Å². The van der Waals surface area contributed by atoms with Gasteiger partial charge in [-0.1, -0.05) is 24.3 Å². The van der Waals surface area contributed by atoms with Crippen LogP contribution in [0.25, 0.3) is 0 Å². The number of amides is 1. The maximum absolute atomic E-state index is 12.9. The molecule has 1 atom stereocenters. The Bertz CT molecular complexity index is 1070. The van der Waals surface area contributed by atoms with Gasteiger partial charge in [0.05, 0.1) is 10.5 Å². The Kier molecular flexibility index (Phi) is 5.13. The van der Waals surface area contributed by atoms with E-state index in [0.717, 1.165) is 0 Å². The van der Waals surface area contributed by atoms with Gasteiger partial charge in [0, 0.05) is 26.2 Å². The number of nitriles is 1. The molecule has 8 nitrogen and oxygen atoms in total. The second-order valence-corrected chi connectivity index (χ2v) is 8.61. The van der Waals surface area contributed by atoms with Gasteiger partial charge < -0.3 is 14.4 Å². The topological polar surface area (TPSA) is 99.9 Å². The summed E-state index contributed by atoms with van der Waals surface area (Å²) in [5.74, 6) is 0.893. The van der Waals surface area contributed by atoms with Gasteiger partial charge >= 0.3 is 0 Å². The molecule has 0 spiro atoms. The van der Waals surface area contributed by atoms with E-state index >= 15 is 0 Å². The smallest absolute Gasteiger partial charge is 0.267 e. The number of rotatable bonds is 3. The quantitative estimate of drug-likeness (QED) is 0.750. The largest absolute Gasteiger partial charge is 0.485 e. The molecule has 2 aliphatic rings. The summed E-state index contributed by atoms with van der Waals surface area (Å²) in [6, 6.07) is 15.2. The minimum atomic E-state index is -3.80. The Labute approximate surface area is 168 Å². The third-order valence-electron chi connectivity index (χ3n) is 4.96. The van der Waals surface area contributed by atoms with Crippen molar-refractivity contribution in [2.24, 2.45) is 0 Å². The fraction of sp³-hybridized carbons (Fsp3) is 0.300. The highest BCUT2D eigenvalue weighted by Crippen LogP contribution is 2.31. The van der Waals surface area contributed by atoms with E-state index in [2.05, 4.69) is 0 Å². The van der Waals surface area contributed by atoms with Crippen LogP contribution in [0.1, 0.15) is 5.56 Å². The lowest BCUT2D eigenvalue weighted by atomic mass is 10.2. The van der Waals surface area contributed by atoms with E-state index in [0.29, 0.717) is 11.5 Å². The van der Waals surface area contributed by atoms with Crippen LogP contribution in [0.15, 0.2) is 53.4 Å². The average molecular weight is 413 g/mol. The van der Waals surface area contributed by atoms with Crippen molar-refractivity contribution in [2.45, 2.75) is 11.0 Å². The third-order valence-corrected chi connectivity index (χ3v) is 6.92. The summed E-state index contributed by atoms with van der Waals surface area (Å²) >= 11 is 0. The molecule has 29 heavy (non-hydrogen) atoms. The zero-order valence-electron chi connectivity index (χ0n) is 15.5. The lowest BCUT2D eigenvalue weighted by Gasteiger charge is -2.36. The number of fused-ring (bicyclic) bond motifs is 1. The van der Waals surface area contributed by atoms with Crippen molar-refractivity contribution in [2.75, 3.05) is 32.8 Å². The van der Waals surface area contributed by atoms with Crippen molar-refractivity contribution in [1.29, 1.82) is 5.26 Å². The molecule has 1 saturated heterocycles. The maximum atomic E-state index is 12.9. The van der Waals surface area contributed by atoms with E-state index < -0.39 is 16.1 Å². The van der Waals surface area contributed by atoms with Gasteiger partial charge in [-0.25, -0.2) is 8.42 Å². The molecule has 0 N–H and O–H groups in total. The Morgan fingerprint density at radius 1 is 1.00 bits per heavy atom. The summed E-state index contributed by atoms with van der Waals surface area (Å²) in [6.07, 6.45) is -0.757. The normalized spacial score (nSPS) is 19.4. The van der Waals surface area contributed by atoms with E-state index in [1.165, 1.54) is 16.4 Å². The lowest BCUT2D eigenvalue weighted by Crippen LogP contribution is -2.55. The molecular formula is C20H19N3O5S. The second kappa shape index (κ2) is 7.73. The summed E-state index contributed by atoms with van der Waals surface area (Å²) < 4.78 is 38.5. The molecule has 2 aromatic rings. The minimum Gasteiger partial charge on any atom is -0.485 e. The van der Waals surface area contributed by atoms with Crippen molar-refractivity contribution >= 4 is 15.9 Å². The second-order valence-electron chi connectivity index (χ2n) is 6.70. The molecule has 2 aliphatic heterocycles. The van der Waals surface area contributed by atoms with Gasteiger partial charge in [-0.15, -0.1) is 0 Å². The Balaban J connectivity index is 1.42. The lowest BCUT2D eigenvalue weighted by molar-refractivity contribution is -0.142. The minimum absolute atomic E-state index is 0.0112. The Hall–Kier alpha value is -3.09.